The highest BCUT2D eigenvalue weighted by Crippen LogP contribution is 2.34. The molecule has 2 rings (SSSR count). The summed E-state index contributed by atoms with van der Waals surface area (Å²) in [7, 11) is 0. The standard InChI is InChI=1S/C12H15Br2NO/c1-7(9-2-3-9)15-6-8-4-10(13)12(16)11(14)5-8/h4-5,7,9,15-16H,2-3,6H2,1H3. The van der Waals surface area contributed by atoms with E-state index < -0.39 is 0 Å². The van der Waals surface area contributed by atoms with Crippen LogP contribution in [0.15, 0.2) is 21.1 Å². The normalized spacial score (nSPS) is 17.4. The zero-order valence-electron chi connectivity index (χ0n) is 9.13. The van der Waals surface area contributed by atoms with Gasteiger partial charge in [0.15, 0.2) is 0 Å². The molecule has 1 fully saturated rings. The third kappa shape index (κ3) is 2.99. The van der Waals surface area contributed by atoms with Crippen molar-refractivity contribution in [2.24, 2.45) is 5.92 Å². The fraction of sp³-hybridized carbons (Fsp3) is 0.500. The maximum atomic E-state index is 9.59. The van der Waals surface area contributed by atoms with Gasteiger partial charge in [0, 0.05) is 12.6 Å². The second kappa shape index (κ2) is 5.07. The minimum atomic E-state index is 0.263. The topological polar surface area (TPSA) is 32.3 Å². The van der Waals surface area contributed by atoms with Gasteiger partial charge in [-0.15, -0.1) is 0 Å². The molecule has 0 saturated heterocycles. The van der Waals surface area contributed by atoms with E-state index in [4.69, 9.17) is 0 Å². The Kier molecular flexibility index (Phi) is 3.93. The van der Waals surface area contributed by atoms with Crippen molar-refractivity contribution < 1.29 is 5.11 Å². The number of nitrogens with one attached hydrogen (secondary N) is 1. The molecule has 1 unspecified atom stereocenters. The Morgan fingerprint density at radius 2 is 1.94 bits per heavy atom. The maximum absolute atomic E-state index is 9.59. The van der Waals surface area contributed by atoms with Crippen LogP contribution in [-0.4, -0.2) is 11.1 Å². The van der Waals surface area contributed by atoms with E-state index in [9.17, 15) is 5.11 Å². The van der Waals surface area contributed by atoms with E-state index in [1.54, 1.807) is 0 Å². The van der Waals surface area contributed by atoms with E-state index in [2.05, 4.69) is 44.1 Å². The number of phenolic OH excluding ortho intramolecular Hbond substituents is 1. The molecule has 1 aromatic rings. The SMILES string of the molecule is CC(NCc1cc(Br)c(O)c(Br)c1)C1CC1. The van der Waals surface area contributed by atoms with Gasteiger partial charge in [-0.3, -0.25) is 0 Å². The van der Waals surface area contributed by atoms with Crippen molar-refractivity contribution in [1.29, 1.82) is 0 Å². The molecule has 0 amide bonds. The van der Waals surface area contributed by atoms with Crippen LogP contribution >= 0.6 is 31.9 Å². The molecule has 0 aliphatic heterocycles. The fourth-order valence-corrected chi connectivity index (χ4v) is 3.04. The molecule has 1 saturated carbocycles. The second-order valence-corrected chi connectivity index (χ2v) is 6.12. The number of phenols is 1. The highest BCUT2D eigenvalue weighted by molar-refractivity contribution is 9.11. The van der Waals surface area contributed by atoms with Crippen LogP contribution in [0, 0.1) is 5.92 Å². The van der Waals surface area contributed by atoms with E-state index in [0.717, 1.165) is 21.4 Å². The summed E-state index contributed by atoms with van der Waals surface area (Å²) in [5.41, 5.74) is 1.17. The molecule has 16 heavy (non-hydrogen) atoms. The van der Waals surface area contributed by atoms with Gasteiger partial charge in [-0.05, 0) is 75.2 Å². The lowest BCUT2D eigenvalue weighted by Crippen LogP contribution is -2.27. The average Bonchev–Trinajstić information content (AvgIpc) is 3.05. The minimum Gasteiger partial charge on any atom is -0.506 e. The van der Waals surface area contributed by atoms with Gasteiger partial charge in [0.25, 0.3) is 0 Å². The summed E-state index contributed by atoms with van der Waals surface area (Å²) in [6, 6.07) is 4.49. The molecule has 1 aromatic carbocycles. The summed E-state index contributed by atoms with van der Waals surface area (Å²) in [6.07, 6.45) is 2.72. The summed E-state index contributed by atoms with van der Waals surface area (Å²) in [4.78, 5) is 0. The highest BCUT2D eigenvalue weighted by atomic mass is 79.9. The lowest BCUT2D eigenvalue weighted by molar-refractivity contribution is 0.467. The maximum Gasteiger partial charge on any atom is 0.143 e. The van der Waals surface area contributed by atoms with Crippen molar-refractivity contribution in [2.75, 3.05) is 0 Å². The van der Waals surface area contributed by atoms with Crippen molar-refractivity contribution >= 4 is 31.9 Å². The van der Waals surface area contributed by atoms with E-state index in [-0.39, 0.29) is 5.75 Å². The first kappa shape index (κ1) is 12.4. The predicted octanol–water partition coefficient (Wildman–Crippen LogP) is 3.81. The molecular formula is C12H15Br2NO. The first-order chi connectivity index (χ1) is 7.58. The smallest absolute Gasteiger partial charge is 0.143 e. The van der Waals surface area contributed by atoms with Gasteiger partial charge in [-0.25, -0.2) is 0 Å². The van der Waals surface area contributed by atoms with Gasteiger partial charge in [-0.1, -0.05) is 0 Å². The lowest BCUT2D eigenvalue weighted by Gasteiger charge is -2.13. The number of halogens is 2. The lowest BCUT2D eigenvalue weighted by atomic mass is 10.1. The van der Waals surface area contributed by atoms with Crippen LogP contribution in [0.1, 0.15) is 25.3 Å². The zero-order chi connectivity index (χ0) is 11.7. The molecule has 88 valence electrons. The molecular weight excluding hydrogens is 334 g/mol. The summed E-state index contributed by atoms with van der Waals surface area (Å²) >= 11 is 6.67. The Labute approximate surface area is 113 Å². The van der Waals surface area contributed by atoms with Crippen molar-refractivity contribution in [3.8, 4) is 5.75 Å². The first-order valence-corrected chi connectivity index (χ1v) is 7.07. The molecule has 1 atom stereocenters. The third-order valence-electron chi connectivity index (χ3n) is 3.03. The van der Waals surface area contributed by atoms with Gasteiger partial charge >= 0.3 is 0 Å². The van der Waals surface area contributed by atoms with Crippen LogP contribution in [0.25, 0.3) is 0 Å². The summed E-state index contributed by atoms with van der Waals surface area (Å²) in [6.45, 7) is 3.08. The van der Waals surface area contributed by atoms with Crippen molar-refractivity contribution in [3.05, 3.63) is 26.6 Å². The molecule has 0 radical (unpaired) electrons. The molecule has 0 bridgehead atoms. The number of rotatable bonds is 4. The second-order valence-electron chi connectivity index (χ2n) is 4.42. The van der Waals surface area contributed by atoms with Crippen LogP contribution < -0.4 is 5.32 Å². The van der Waals surface area contributed by atoms with Crippen molar-refractivity contribution in [3.63, 3.8) is 0 Å². The zero-order valence-corrected chi connectivity index (χ0v) is 12.3. The first-order valence-electron chi connectivity index (χ1n) is 5.48. The van der Waals surface area contributed by atoms with Crippen LogP contribution in [0.2, 0.25) is 0 Å². The molecule has 0 aromatic heterocycles. The van der Waals surface area contributed by atoms with Crippen molar-refractivity contribution in [1.82, 2.24) is 5.32 Å². The van der Waals surface area contributed by atoms with Gasteiger partial charge in [0.05, 0.1) is 8.95 Å². The van der Waals surface area contributed by atoms with Crippen LogP contribution in [0.4, 0.5) is 0 Å². The molecule has 1 aliphatic carbocycles. The van der Waals surface area contributed by atoms with Gasteiger partial charge < -0.3 is 10.4 Å². The molecule has 4 heteroatoms. The van der Waals surface area contributed by atoms with Gasteiger partial charge in [0.1, 0.15) is 5.75 Å². The monoisotopic (exact) mass is 347 g/mol. The Bertz CT molecular complexity index is 368. The Balaban J connectivity index is 1.98. The number of aromatic hydroxyl groups is 1. The highest BCUT2D eigenvalue weighted by Gasteiger charge is 2.27. The van der Waals surface area contributed by atoms with Gasteiger partial charge in [0.2, 0.25) is 0 Å². The summed E-state index contributed by atoms with van der Waals surface area (Å²) < 4.78 is 1.47. The largest absolute Gasteiger partial charge is 0.506 e. The van der Waals surface area contributed by atoms with E-state index in [0.29, 0.717) is 6.04 Å². The number of benzene rings is 1. The Hall–Kier alpha value is -0.0600. The van der Waals surface area contributed by atoms with Crippen LogP contribution in [0.3, 0.4) is 0 Å². The number of hydrogen-bond acceptors (Lipinski definition) is 2. The minimum absolute atomic E-state index is 0.263. The molecule has 0 spiro atoms. The summed E-state index contributed by atoms with van der Waals surface area (Å²) in [5.74, 6) is 1.13. The van der Waals surface area contributed by atoms with Gasteiger partial charge in [-0.2, -0.15) is 0 Å². The number of hydrogen-bond donors (Lipinski definition) is 2. The van der Waals surface area contributed by atoms with Crippen molar-refractivity contribution in [2.45, 2.75) is 32.4 Å². The van der Waals surface area contributed by atoms with Crippen LogP contribution in [0.5, 0.6) is 5.75 Å². The predicted molar refractivity (Wildman–Crippen MR) is 72.5 cm³/mol. The quantitative estimate of drug-likeness (QED) is 0.867. The van der Waals surface area contributed by atoms with E-state index in [1.807, 2.05) is 12.1 Å². The summed E-state index contributed by atoms with van der Waals surface area (Å²) in [5, 5.41) is 13.1. The van der Waals surface area contributed by atoms with E-state index in [1.165, 1.54) is 18.4 Å². The molecule has 2 nitrogen and oxygen atoms in total. The Morgan fingerprint density at radius 3 is 2.44 bits per heavy atom. The average molecular weight is 349 g/mol. The van der Waals surface area contributed by atoms with Crippen LogP contribution in [-0.2, 0) is 6.54 Å². The van der Waals surface area contributed by atoms with E-state index >= 15 is 0 Å². The molecule has 0 heterocycles. The Morgan fingerprint density at radius 1 is 1.38 bits per heavy atom. The molecule has 2 N–H and O–H groups in total. The third-order valence-corrected chi connectivity index (χ3v) is 4.24. The fourth-order valence-electron chi connectivity index (χ4n) is 1.76. The molecule has 1 aliphatic rings.